The number of nitrogens with one attached hydrogen (secondary N) is 1. The summed E-state index contributed by atoms with van der Waals surface area (Å²) in [5, 5.41) is 3.03. The van der Waals surface area contributed by atoms with Crippen LogP contribution in [0.1, 0.15) is 24.5 Å². The summed E-state index contributed by atoms with van der Waals surface area (Å²) < 4.78 is 18.6. The van der Waals surface area contributed by atoms with E-state index in [-0.39, 0.29) is 17.8 Å². The molecule has 1 unspecified atom stereocenters. The second kappa shape index (κ2) is 7.36. The maximum Gasteiger partial charge on any atom is 0.222 e. The number of benzene rings is 1. The van der Waals surface area contributed by atoms with Crippen LogP contribution in [0.4, 0.5) is 4.39 Å². The van der Waals surface area contributed by atoms with Crippen molar-refractivity contribution in [1.82, 2.24) is 10.2 Å². The summed E-state index contributed by atoms with van der Waals surface area (Å²) >= 11 is 0. The van der Waals surface area contributed by atoms with Gasteiger partial charge < -0.3 is 15.0 Å². The number of carbonyl (C=O) groups is 1. The van der Waals surface area contributed by atoms with Gasteiger partial charge in [0.05, 0.1) is 13.2 Å². The van der Waals surface area contributed by atoms with Gasteiger partial charge in [0.2, 0.25) is 5.91 Å². The van der Waals surface area contributed by atoms with Crippen LogP contribution in [0.3, 0.4) is 0 Å². The molecule has 0 radical (unpaired) electrons. The third kappa shape index (κ3) is 4.02. The van der Waals surface area contributed by atoms with Gasteiger partial charge in [-0.15, -0.1) is 0 Å². The third-order valence-corrected chi connectivity index (χ3v) is 3.48. The van der Waals surface area contributed by atoms with Crippen molar-refractivity contribution in [3.8, 4) is 0 Å². The number of ether oxygens (including phenoxy) is 1. The molecule has 1 N–H and O–H groups in total. The van der Waals surface area contributed by atoms with E-state index in [2.05, 4.69) is 5.32 Å². The zero-order valence-electron chi connectivity index (χ0n) is 11.8. The summed E-state index contributed by atoms with van der Waals surface area (Å²) in [5.41, 5.74) is 0.916. The predicted octanol–water partition coefficient (Wildman–Crippen LogP) is 1.73. The number of hydrogen-bond donors (Lipinski definition) is 1. The van der Waals surface area contributed by atoms with E-state index in [4.69, 9.17) is 4.74 Å². The Bertz CT molecular complexity index is 436. The van der Waals surface area contributed by atoms with Crippen LogP contribution in [0.5, 0.6) is 0 Å². The minimum Gasteiger partial charge on any atom is -0.370 e. The highest BCUT2D eigenvalue weighted by atomic mass is 19.1. The molecule has 1 aromatic rings. The van der Waals surface area contributed by atoms with E-state index >= 15 is 0 Å². The molecule has 0 aromatic heterocycles. The van der Waals surface area contributed by atoms with Gasteiger partial charge in [-0.2, -0.15) is 0 Å². The number of halogens is 1. The van der Waals surface area contributed by atoms with Crippen LogP contribution in [-0.4, -0.2) is 44.1 Å². The first-order chi connectivity index (χ1) is 9.70. The van der Waals surface area contributed by atoms with Gasteiger partial charge in [0.1, 0.15) is 11.9 Å². The van der Waals surface area contributed by atoms with E-state index in [1.54, 1.807) is 12.1 Å². The Morgan fingerprint density at radius 2 is 2.20 bits per heavy atom. The molecular weight excluding hydrogens is 259 g/mol. The number of morpholine rings is 1. The zero-order valence-corrected chi connectivity index (χ0v) is 11.8. The number of nitrogens with zero attached hydrogens (tertiary/aromatic N) is 1. The minimum atomic E-state index is -0.260. The Balaban J connectivity index is 1.91. The second-order valence-electron chi connectivity index (χ2n) is 4.96. The molecule has 1 aromatic carbocycles. The summed E-state index contributed by atoms with van der Waals surface area (Å²) in [6.07, 6.45) is 1.24. The molecular formula is C15H21FN2O2. The Hall–Kier alpha value is -1.46. The molecule has 5 heteroatoms. The maximum absolute atomic E-state index is 12.9. The van der Waals surface area contributed by atoms with E-state index < -0.39 is 0 Å². The first-order valence-corrected chi connectivity index (χ1v) is 7.00. The monoisotopic (exact) mass is 280 g/mol. The van der Waals surface area contributed by atoms with Crippen molar-refractivity contribution in [1.29, 1.82) is 0 Å². The molecule has 110 valence electrons. The topological polar surface area (TPSA) is 41.6 Å². The number of carbonyl (C=O) groups excluding carboxylic acids is 1. The SMILES string of the molecule is CNCCCC(=O)N1CCOC(c2ccc(F)cc2)C1. The molecule has 1 atom stereocenters. The van der Waals surface area contributed by atoms with E-state index in [9.17, 15) is 9.18 Å². The lowest BCUT2D eigenvalue weighted by Gasteiger charge is -2.33. The lowest BCUT2D eigenvalue weighted by Crippen LogP contribution is -2.42. The fourth-order valence-electron chi connectivity index (χ4n) is 2.33. The van der Waals surface area contributed by atoms with Gasteiger partial charge in [-0.1, -0.05) is 12.1 Å². The lowest BCUT2D eigenvalue weighted by molar-refractivity contribution is -0.139. The molecule has 0 spiro atoms. The van der Waals surface area contributed by atoms with Gasteiger partial charge in [0.25, 0.3) is 0 Å². The van der Waals surface area contributed by atoms with Crippen molar-refractivity contribution >= 4 is 5.91 Å². The molecule has 1 heterocycles. The largest absolute Gasteiger partial charge is 0.370 e. The van der Waals surface area contributed by atoms with E-state index in [0.29, 0.717) is 26.1 Å². The number of rotatable bonds is 5. The highest BCUT2D eigenvalue weighted by Crippen LogP contribution is 2.22. The van der Waals surface area contributed by atoms with Gasteiger partial charge in [-0.3, -0.25) is 4.79 Å². The maximum atomic E-state index is 12.9. The van der Waals surface area contributed by atoms with E-state index in [1.165, 1.54) is 12.1 Å². The molecule has 4 nitrogen and oxygen atoms in total. The lowest BCUT2D eigenvalue weighted by atomic mass is 10.1. The van der Waals surface area contributed by atoms with Crippen LogP contribution < -0.4 is 5.32 Å². The summed E-state index contributed by atoms with van der Waals surface area (Å²) in [7, 11) is 1.88. The summed E-state index contributed by atoms with van der Waals surface area (Å²) in [6.45, 7) is 2.55. The Morgan fingerprint density at radius 1 is 1.45 bits per heavy atom. The van der Waals surface area contributed by atoms with Crippen LogP contribution in [0.25, 0.3) is 0 Å². The zero-order chi connectivity index (χ0) is 14.4. The minimum absolute atomic E-state index is 0.155. The van der Waals surface area contributed by atoms with Crippen LogP contribution in [-0.2, 0) is 9.53 Å². The van der Waals surface area contributed by atoms with Gasteiger partial charge in [-0.25, -0.2) is 4.39 Å². The average Bonchev–Trinajstić information content (AvgIpc) is 2.48. The molecule has 1 aliphatic heterocycles. The van der Waals surface area contributed by atoms with Crippen molar-refractivity contribution < 1.29 is 13.9 Å². The quantitative estimate of drug-likeness (QED) is 0.835. The van der Waals surface area contributed by atoms with Gasteiger partial charge in [0.15, 0.2) is 0 Å². The highest BCUT2D eigenvalue weighted by Gasteiger charge is 2.24. The van der Waals surface area contributed by atoms with E-state index in [0.717, 1.165) is 18.5 Å². The molecule has 20 heavy (non-hydrogen) atoms. The third-order valence-electron chi connectivity index (χ3n) is 3.48. The summed E-state index contributed by atoms with van der Waals surface area (Å²) in [4.78, 5) is 13.9. The van der Waals surface area contributed by atoms with Gasteiger partial charge >= 0.3 is 0 Å². The molecule has 0 saturated carbocycles. The Kier molecular flexibility index (Phi) is 5.49. The van der Waals surface area contributed by atoms with E-state index in [1.807, 2.05) is 11.9 Å². The molecule has 1 fully saturated rings. The van der Waals surface area contributed by atoms with Gasteiger partial charge in [0, 0.05) is 13.0 Å². The van der Waals surface area contributed by atoms with Crippen LogP contribution >= 0.6 is 0 Å². The first-order valence-electron chi connectivity index (χ1n) is 7.00. The van der Waals surface area contributed by atoms with Crippen LogP contribution in [0.2, 0.25) is 0 Å². The molecule has 0 bridgehead atoms. The fourth-order valence-corrected chi connectivity index (χ4v) is 2.33. The summed E-state index contributed by atoms with van der Waals surface area (Å²) in [6, 6.07) is 6.28. The molecule has 0 aliphatic carbocycles. The molecule has 1 saturated heterocycles. The molecule has 1 aliphatic rings. The molecule has 1 amide bonds. The predicted molar refractivity (Wildman–Crippen MR) is 74.8 cm³/mol. The van der Waals surface area contributed by atoms with Crippen molar-refractivity contribution in [2.24, 2.45) is 0 Å². The Morgan fingerprint density at radius 3 is 2.90 bits per heavy atom. The Labute approximate surface area is 118 Å². The first kappa shape index (κ1) is 14.9. The normalized spacial score (nSPS) is 19.1. The van der Waals surface area contributed by atoms with Gasteiger partial charge in [-0.05, 0) is 37.7 Å². The highest BCUT2D eigenvalue weighted by molar-refractivity contribution is 5.76. The van der Waals surface area contributed by atoms with Crippen LogP contribution in [0.15, 0.2) is 24.3 Å². The fraction of sp³-hybridized carbons (Fsp3) is 0.533. The second-order valence-corrected chi connectivity index (χ2v) is 4.96. The standard InChI is InChI=1S/C15H21FN2O2/c1-17-8-2-3-15(19)18-9-10-20-14(11-18)12-4-6-13(16)7-5-12/h4-7,14,17H,2-3,8-11H2,1H3. The average molecular weight is 280 g/mol. The number of amides is 1. The smallest absolute Gasteiger partial charge is 0.222 e. The summed E-state index contributed by atoms with van der Waals surface area (Å²) in [5.74, 6) is -0.0970. The van der Waals surface area contributed by atoms with Crippen molar-refractivity contribution in [3.63, 3.8) is 0 Å². The number of hydrogen-bond acceptors (Lipinski definition) is 3. The van der Waals surface area contributed by atoms with Crippen molar-refractivity contribution in [2.45, 2.75) is 18.9 Å². The van der Waals surface area contributed by atoms with Crippen LogP contribution in [0, 0.1) is 5.82 Å². The van der Waals surface area contributed by atoms with Crippen molar-refractivity contribution in [3.05, 3.63) is 35.6 Å². The van der Waals surface area contributed by atoms with Crippen molar-refractivity contribution in [2.75, 3.05) is 33.3 Å². The molecule has 2 rings (SSSR count).